The van der Waals surface area contributed by atoms with Crippen LogP contribution in [0.1, 0.15) is 12.8 Å². The lowest BCUT2D eigenvalue weighted by Gasteiger charge is -2.10. The molecule has 0 radical (unpaired) electrons. The van der Waals surface area contributed by atoms with Gasteiger partial charge in [0, 0.05) is 6.61 Å². The molecule has 1 aliphatic rings. The standard InChI is InChI=1S/C15H15N3O3/c19-14(13-7-4-8-20-13)18-11-9-16-15(17-10-11)21-12-5-2-1-3-6-12/h1-3,5-6,9-10,13H,4,7-8H2,(H,18,19). The quantitative estimate of drug-likeness (QED) is 0.933. The van der Waals surface area contributed by atoms with E-state index < -0.39 is 0 Å². The number of benzene rings is 1. The summed E-state index contributed by atoms with van der Waals surface area (Å²) in [7, 11) is 0. The van der Waals surface area contributed by atoms with E-state index in [0.717, 1.165) is 12.8 Å². The van der Waals surface area contributed by atoms with E-state index in [1.165, 1.54) is 12.4 Å². The number of ether oxygens (including phenoxy) is 2. The predicted molar refractivity (Wildman–Crippen MR) is 76.2 cm³/mol. The van der Waals surface area contributed by atoms with Crippen LogP contribution in [0, 0.1) is 0 Å². The van der Waals surface area contributed by atoms with Crippen LogP contribution in [0.2, 0.25) is 0 Å². The van der Waals surface area contributed by atoms with Gasteiger partial charge in [-0.1, -0.05) is 18.2 Å². The highest BCUT2D eigenvalue weighted by molar-refractivity contribution is 5.94. The minimum atomic E-state index is -0.370. The number of carbonyl (C=O) groups is 1. The molecule has 0 spiro atoms. The van der Waals surface area contributed by atoms with E-state index in [1.807, 2.05) is 30.3 Å². The summed E-state index contributed by atoms with van der Waals surface area (Å²) >= 11 is 0. The van der Waals surface area contributed by atoms with Crippen LogP contribution in [-0.4, -0.2) is 28.6 Å². The highest BCUT2D eigenvalue weighted by atomic mass is 16.5. The first-order valence-corrected chi connectivity index (χ1v) is 6.79. The first-order chi connectivity index (χ1) is 10.3. The minimum absolute atomic E-state index is 0.159. The van der Waals surface area contributed by atoms with Crippen molar-refractivity contribution in [3.63, 3.8) is 0 Å². The van der Waals surface area contributed by atoms with Crippen LogP contribution in [0.15, 0.2) is 42.7 Å². The Kier molecular flexibility index (Phi) is 4.07. The van der Waals surface area contributed by atoms with Crippen LogP contribution in [0.3, 0.4) is 0 Å². The summed E-state index contributed by atoms with van der Waals surface area (Å²) in [6.45, 7) is 0.637. The smallest absolute Gasteiger partial charge is 0.322 e. The number of hydrogen-bond donors (Lipinski definition) is 1. The summed E-state index contributed by atoms with van der Waals surface area (Å²) in [6, 6.07) is 9.50. The van der Waals surface area contributed by atoms with Crippen LogP contribution >= 0.6 is 0 Å². The van der Waals surface area contributed by atoms with Gasteiger partial charge in [-0.05, 0) is 25.0 Å². The summed E-state index contributed by atoms with van der Waals surface area (Å²) in [6.07, 6.45) is 4.32. The van der Waals surface area contributed by atoms with Crippen LogP contribution in [0.4, 0.5) is 5.69 Å². The Morgan fingerprint density at radius 1 is 1.24 bits per heavy atom. The van der Waals surface area contributed by atoms with E-state index in [-0.39, 0.29) is 18.0 Å². The molecule has 2 heterocycles. The zero-order chi connectivity index (χ0) is 14.5. The second kappa shape index (κ2) is 6.32. The number of carbonyl (C=O) groups excluding carboxylic acids is 1. The topological polar surface area (TPSA) is 73.3 Å². The molecule has 2 aromatic rings. The van der Waals surface area contributed by atoms with Gasteiger partial charge in [-0.3, -0.25) is 4.79 Å². The molecule has 1 aromatic carbocycles. The SMILES string of the molecule is O=C(Nc1cnc(Oc2ccccc2)nc1)C1CCCO1. The van der Waals surface area contributed by atoms with E-state index in [2.05, 4.69) is 15.3 Å². The Balaban J connectivity index is 1.60. The van der Waals surface area contributed by atoms with Crippen molar-refractivity contribution in [2.45, 2.75) is 18.9 Å². The van der Waals surface area contributed by atoms with Gasteiger partial charge >= 0.3 is 6.01 Å². The zero-order valence-corrected chi connectivity index (χ0v) is 11.4. The van der Waals surface area contributed by atoms with E-state index >= 15 is 0 Å². The zero-order valence-electron chi connectivity index (χ0n) is 11.4. The number of rotatable bonds is 4. The number of nitrogens with zero attached hydrogens (tertiary/aromatic N) is 2. The number of para-hydroxylation sites is 1. The Morgan fingerprint density at radius 3 is 2.67 bits per heavy atom. The third kappa shape index (κ3) is 3.55. The third-order valence-corrected chi connectivity index (χ3v) is 3.07. The predicted octanol–water partition coefficient (Wildman–Crippen LogP) is 2.39. The van der Waals surface area contributed by atoms with Crippen molar-refractivity contribution in [2.24, 2.45) is 0 Å². The van der Waals surface area contributed by atoms with Gasteiger partial charge in [0.1, 0.15) is 11.9 Å². The number of hydrogen-bond acceptors (Lipinski definition) is 5. The van der Waals surface area contributed by atoms with Crippen LogP contribution in [-0.2, 0) is 9.53 Å². The van der Waals surface area contributed by atoms with Crippen molar-refractivity contribution in [3.05, 3.63) is 42.7 Å². The highest BCUT2D eigenvalue weighted by Crippen LogP contribution is 2.18. The second-order valence-corrected chi connectivity index (χ2v) is 4.66. The van der Waals surface area contributed by atoms with Gasteiger partial charge in [-0.2, -0.15) is 0 Å². The Labute approximate surface area is 122 Å². The van der Waals surface area contributed by atoms with E-state index in [9.17, 15) is 4.79 Å². The molecule has 108 valence electrons. The van der Waals surface area contributed by atoms with Crippen molar-refractivity contribution in [3.8, 4) is 11.8 Å². The van der Waals surface area contributed by atoms with Crippen molar-refractivity contribution < 1.29 is 14.3 Å². The maximum atomic E-state index is 11.9. The normalized spacial score (nSPS) is 17.4. The average Bonchev–Trinajstić information content (AvgIpc) is 3.05. The van der Waals surface area contributed by atoms with Crippen LogP contribution in [0.5, 0.6) is 11.8 Å². The van der Waals surface area contributed by atoms with Crippen LogP contribution in [0.25, 0.3) is 0 Å². The molecule has 1 fully saturated rings. The average molecular weight is 285 g/mol. The first kappa shape index (κ1) is 13.5. The summed E-state index contributed by atoms with van der Waals surface area (Å²) in [5.74, 6) is 0.501. The fourth-order valence-electron chi connectivity index (χ4n) is 2.03. The summed E-state index contributed by atoms with van der Waals surface area (Å²) in [5.41, 5.74) is 0.524. The molecule has 21 heavy (non-hydrogen) atoms. The second-order valence-electron chi connectivity index (χ2n) is 4.66. The molecule has 0 aliphatic carbocycles. The Morgan fingerprint density at radius 2 is 2.00 bits per heavy atom. The summed E-state index contributed by atoms with van der Waals surface area (Å²) in [5, 5.41) is 2.73. The lowest BCUT2D eigenvalue weighted by atomic mass is 10.2. The van der Waals surface area contributed by atoms with Gasteiger partial charge < -0.3 is 14.8 Å². The van der Waals surface area contributed by atoms with Gasteiger partial charge in [-0.15, -0.1) is 0 Å². The first-order valence-electron chi connectivity index (χ1n) is 6.79. The third-order valence-electron chi connectivity index (χ3n) is 3.07. The molecule has 1 saturated heterocycles. The fourth-order valence-corrected chi connectivity index (χ4v) is 2.03. The Hall–Kier alpha value is -2.47. The van der Waals surface area contributed by atoms with Crippen molar-refractivity contribution in [1.82, 2.24) is 9.97 Å². The highest BCUT2D eigenvalue weighted by Gasteiger charge is 2.23. The van der Waals surface area contributed by atoms with E-state index in [4.69, 9.17) is 9.47 Å². The Bertz CT molecular complexity index is 595. The molecular weight excluding hydrogens is 270 g/mol. The number of aromatic nitrogens is 2. The van der Waals surface area contributed by atoms with Gasteiger partial charge in [0.05, 0.1) is 18.1 Å². The lowest BCUT2D eigenvalue weighted by Crippen LogP contribution is -2.26. The lowest BCUT2D eigenvalue weighted by molar-refractivity contribution is -0.124. The molecule has 1 N–H and O–H groups in total. The number of amides is 1. The molecule has 0 saturated carbocycles. The maximum absolute atomic E-state index is 11.9. The van der Waals surface area contributed by atoms with Gasteiger partial charge in [-0.25, -0.2) is 9.97 Å². The minimum Gasteiger partial charge on any atom is -0.424 e. The molecule has 3 rings (SSSR count). The fraction of sp³-hybridized carbons (Fsp3) is 0.267. The van der Waals surface area contributed by atoms with Gasteiger partial charge in [0.2, 0.25) is 0 Å². The molecule has 6 nitrogen and oxygen atoms in total. The molecule has 1 unspecified atom stereocenters. The molecule has 1 aliphatic heterocycles. The molecule has 0 bridgehead atoms. The molecule has 1 aromatic heterocycles. The molecule has 1 amide bonds. The van der Waals surface area contributed by atoms with Crippen LogP contribution < -0.4 is 10.1 Å². The molecule has 1 atom stereocenters. The number of anilines is 1. The summed E-state index contributed by atoms with van der Waals surface area (Å²) < 4.78 is 10.8. The maximum Gasteiger partial charge on any atom is 0.322 e. The van der Waals surface area contributed by atoms with E-state index in [0.29, 0.717) is 18.0 Å². The summed E-state index contributed by atoms with van der Waals surface area (Å²) in [4.78, 5) is 20.0. The largest absolute Gasteiger partial charge is 0.424 e. The van der Waals surface area contributed by atoms with Crippen molar-refractivity contribution in [1.29, 1.82) is 0 Å². The monoisotopic (exact) mass is 285 g/mol. The van der Waals surface area contributed by atoms with Crippen molar-refractivity contribution in [2.75, 3.05) is 11.9 Å². The van der Waals surface area contributed by atoms with Gasteiger partial charge in [0.15, 0.2) is 0 Å². The van der Waals surface area contributed by atoms with Gasteiger partial charge in [0.25, 0.3) is 5.91 Å². The van der Waals surface area contributed by atoms with Crippen molar-refractivity contribution >= 4 is 11.6 Å². The van der Waals surface area contributed by atoms with E-state index in [1.54, 1.807) is 0 Å². The number of nitrogens with one attached hydrogen (secondary N) is 1. The molecular formula is C15H15N3O3. The molecule has 6 heteroatoms.